The van der Waals surface area contributed by atoms with Crippen LogP contribution in [0, 0.1) is 6.92 Å². The third-order valence-corrected chi connectivity index (χ3v) is 8.57. The molecule has 29 heavy (non-hydrogen) atoms. The number of para-hydroxylation sites is 2. The average molecular weight is 424 g/mol. The van der Waals surface area contributed by atoms with Gasteiger partial charge in [-0.15, -0.1) is 11.3 Å². The molecule has 0 amide bonds. The van der Waals surface area contributed by atoms with E-state index in [0.717, 1.165) is 39.0 Å². The molecule has 1 atom stereocenters. The van der Waals surface area contributed by atoms with Gasteiger partial charge >= 0.3 is 0 Å². The van der Waals surface area contributed by atoms with E-state index in [1.807, 2.05) is 37.3 Å². The lowest BCUT2D eigenvalue weighted by Gasteiger charge is -2.31. The maximum absolute atomic E-state index is 13.5. The van der Waals surface area contributed by atoms with Gasteiger partial charge in [0.05, 0.1) is 20.7 Å². The molecule has 7 heteroatoms. The summed E-state index contributed by atoms with van der Waals surface area (Å²) >= 11 is 1.67. The molecule has 5 rings (SSSR count). The van der Waals surface area contributed by atoms with Crippen molar-refractivity contribution < 1.29 is 8.42 Å². The van der Waals surface area contributed by atoms with Gasteiger partial charge in [-0.3, -0.25) is 4.98 Å². The molecular weight excluding hydrogens is 402 g/mol. The summed E-state index contributed by atoms with van der Waals surface area (Å²) < 4.78 is 29.8. The molecule has 148 valence electrons. The zero-order valence-corrected chi connectivity index (χ0v) is 17.7. The van der Waals surface area contributed by atoms with Crippen LogP contribution in [0.15, 0.2) is 59.6 Å². The Bertz CT molecular complexity index is 1280. The van der Waals surface area contributed by atoms with E-state index in [4.69, 9.17) is 4.98 Å². The van der Waals surface area contributed by atoms with Gasteiger partial charge in [0, 0.05) is 30.6 Å². The van der Waals surface area contributed by atoms with Gasteiger partial charge in [-0.25, -0.2) is 13.4 Å². The number of pyridine rings is 1. The predicted molar refractivity (Wildman–Crippen MR) is 117 cm³/mol. The van der Waals surface area contributed by atoms with Crippen molar-refractivity contribution in [1.29, 1.82) is 0 Å². The lowest BCUT2D eigenvalue weighted by molar-refractivity contribution is 0.315. The molecule has 4 aromatic rings. The summed E-state index contributed by atoms with van der Waals surface area (Å²) in [4.78, 5) is 9.49. The third-order valence-electron chi connectivity index (χ3n) is 5.47. The number of hydrogen-bond acceptors (Lipinski definition) is 5. The Balaban J connectivity index is 1.50. The molecule has 0 radical (unpaired) electrons. The van der Waals surface area contributed by atoms with Crippen LogP contribution in [0.1, 0.15) is 29.3 Å². The molecule has 1 saturated heterocycles. The van der Waals surface area contributed by atoms with Crippen LogP contribution in [-0.2, 0) is 10.0 Å². The molecular formula is C22H21N3O2S2. The Labute approximate surface area is 174 Å². The van der Waals surface area contributed by atoms with Gasteiger partial charge in [-0.05, 0) is 49.6 Å². The minimum atomic E-state index is -3.62. The Morgan fingerprint density at radius 3 is 2.86 bits per heavy atom. The summed E-state index contributed by atoms with van der Waals surface area (Å²) in [5.74, 6) is 0.126. The second-order valence-electron chi connectivity index (χ2n) is 7.56. The first kappa shape index (κ1) is 18.7. The van der Waals surface area contributed by atoms with Crippen molar-refractivity contribution in [3.63, 3.8) is 0 Å². The molecule has 1 fully saturated rings. The fraction of sp³-hybridized carbons (Fsp3) is 0.273. The third kappa shape index (κ3) is 3.33. The summed E-state index contributed by atoms with van der Waals surface area (Å²) in [6.07, 6.45) is 3.51. The highest BCUT2D eigenvalue weighted by Crippen LogP contribution is 2.35. The van der Waals surface area contributed by atoms with Crippen molar-refractivity contribution in [1.82, 2.24) is 14.3 Å². The summed E-state index contributed by atoms with van der Waals surface area (Å²) in [7, 11) is -3.62. The predicted octanol–water partition coefficient (Wildman–Crippen LogP) is 4.72. The first-order chi connectivity index (χ1) is 14.0. The number of rotatable bonds is 3. The minimum Gasteiger partial charge on any atom is -0.255 e. The standard InChI is InChI=1S/C22H21N3O2S2/c1-15-12-16-6-4-10-20(21(16)23-13-15)29(26,27)25-11-5-7-17(14-25)22-24-18-8-2-3-9-19(18)28-22/h2-4,6,8-10,12-13,17H,5,7,11,14H2,1H3/t17-/m1/s1. The SMILES string of the molecule is Cc1cnc2c(S(=O)(=O)N3CCC[C@@H](c4nc5ccccc5s4)C3)cccc2c1. The first-order valence-electron chi connectivity index (χ1n) is 9.73. The van der Waals surface area contributed by atoms with E-state index in [0.29, 0.717) is 23.5 Å². The van der Waals surface area contributed by atoms with Crippen LogP contribution in [0.25, 0.3) is 21.1 Å². The monoisotopic (exact) mass is 423 g/mol. The van der Waals surface area contributed by atoms with E-state index >= 15 is 0 Å². The fourth-order valence-corrected chi connectivity index (χ4v) is 6.80. The van der Waals surface area contributed by atoms with Gasteiger partial charge in [0.25, 0.3) is 0 Å². The van der Waals surface area contributed by atoms with Gasteiger partial charge in [0.2, 0.25) is 10.0 Å². The van der Waals surface area contributed by atoms with Gasteiger partial charge in [0.15, 0.2) is 0 Å². The Kier molecular flexibility index (Phi) is 4.61. The Morgan fingerprint density at radius 1 is 1.14 bits per heavy atom. The van der Waals surface area contributed by atoms with E-state index in [-0.39, 0.29) is 5.92 Å². The minimum absolute atomic E-state index is 0.126. The van der Waals surface area contributed by atoms with Crippen LogP contribution in [-0.4, -0.2) is 35.8 Å². The van der Waals surface area contributed by atoms with E-state index in [1.165, 1.54) is 0 Å². The lowest BCUT2D eigenvalue weighted by atomic mass is 10.0. The average Bonchev–Trinajstić information content (AvgIpc) is 3.17. The highest BCUT2D eigenvalue weighted by atomic mass is 32.2. The number of sulfonamides is 1. The lowest BCUT2D eigenvalue weighted by Crippen LogP contribution is -2.39. The van der Waals surface area contributed by atoms with Crippen molar-refractivity contribution in [2.75, 3.05) is 13.1 Å². The molecule has 0 saturated carbocycles. The van der Waals surface area contributed by atoms with Crippen LogP contribution in [0.4, 0.5) is 0 Å². The van der Waals surface area contributed by atoms with Gasteiger partial charge in [-0.2, -0.15) is 4.31 Å². The van der Waals surface area contributed by atoms with Crippen molar-refractivity contribution in [2.45, 2.75) is 30.6 Å². The van der Waals surface area contributed by atoms with Crippen molar-refractivity contribution in [3.8, 4) is 0 Å². The molecule has 0 aliphatic carbocycles. The smallest absolute Gasteiger partial charge is 0.245 e. The van der Waals surface area contributed by atoms with Gasteiger partial charge < -0.3 is 0 Å². The van der Waals surface area contributed by atoms with Crippen molar-refractivity contribution in [2.24, 2.45) is 0 Å². The summed E-state index contributed by atoms with van der Waals surface area (Å²) in [5, 5.41) is 1.88. The number of thiazole rings is 1. The van der Waals surface area contributed by atoms with E-state index in [1.54, 1.807) is 34.0 Å². The van der Waals surface area contributed by atoms with Gasteiger partial charge in [0.1, 0.15) is 4.90 Å². The first-order valence-corrected chi connectivity index (χ1v) is 12.0. The molecule has 1 aliphatic rings. The Morgan fingerprint density at radius 2 is 2.00 bits per heavy atom. The number of aryl methyl sites for hydroxylation is 1. The number of piperidine rings is 1. The number of benzene rings is 2. The molecule has 1 aliphatic heterocycles. The van der Waals surface area contributed by atoms with E-state index in [2.05, 4.69) is 11.1 Å². The Hall–Kier alpha value is -2.35. The zero-order valence-electron chi connectivity index (χ0n) is 16.1. The second kappa shape index (κ2) is 7.16. The zero-order chi connectivity index (χ0) is 20.0. The highest BCUT2D eigenvalue weighted by Gasteiger charge is 2.33. The second-order valence-corrected chi connectivity index (χ2v) is 10.5. The highest BCUT2D eigenvalue weighted by molar-refractivity contribution is 7.89. The molecule has 3 heterocycles. The normalized spacial score (nSPS) is 18.4. The largest absolute Gasteiger partial charge is 0.255 e. The molecule has 0 unspecified atom stereocenters. The maximum atomic E-state index is 13.5. The number of fused-ring (bicyclic) bond motifs is 2. The fourth-order valence-electron chi connectivity index (χ4n) is 4.02. The summed E-state index contributed by atoms with van der Waals surface area (Å²) in [6, 6.07) is 15.4. The van der Waals surface area contributed by atoms with E-state index in [9.17, 15) is 8.42 Å². The number of nitrogens with zero attached hydrogens (tertiary/aromatic N) is 3. The number of aromatic nitrogens is 2. The van der Waals surface area contributed by atoms with Gasteiger partial charge in [-0.1, -0.05) is 24.3 Å². The quantitative estimate of drug-likeness (QED) is 0.478. The van der Waals surface area contributed by atoms with Crippen LogP contribution >= 0.6 is 11.3 Å². The molecule has 5 nitrogen and oxygen atoms in total. The molecule has 0 bridgehead atoms. The topological polar surface area (TPSA) is 63.2 Å². The van der Waals surface area contributed by atoms with Crippen LogP contribution in [0.5, 0.6) is 0 Å². The van der Waals surface area contributed by atoms with Crippen LogP contribution < -0.4 is 0 Å². The molecule has 2 aromatic heterocycles. The molecule has 2 aromatic carbocycles. The van der Waals surface area contributed by atoms with E-state index < -0.39 is 10.0 Å². The van der Waals surface area contributed by atoms with Crippen LogP contribution in [0.3, 0.4) is 0 Å². The summed E-state index contributed by atoms with van der Waals surface area (Å²) in [6.45, 7) is 2.96. The molecule has 0 spiro atoms. The van der Waals surface area contributed by atoms with Crippen molar-refractivity contribution in [3.05, 3.63) is 65.3 Å². The van der Waals surface area contributed by atoms with Crippen LogP contribution in [0.2, 0.25) is 0 Å². The summed E-state index contributed by atoms with van der Waals surface area (Å²) in [5.41, 5.74) is 2.54. The van der Waals surface area contributed by atoms with Crippen molar-refractivity contribution >= 4 is 42.5 Å². The molecule has 0 N–H and O–H groups in total. The maximum Gasteiger partial charge on any atom is 0.245 e. The number of hydrogen-bond donors (Lipinski definition) is 0.